The topological polar surface area (TPSA) is 89.5 Å². The molecule has 1 N–H and O–H groups in total. The molecule has 0 aliphatic rings. The lowest BCUT2D eigenvalue weighted by Gasteiger charge is -2.15. The summed E-state index contributed by atoms with van der Waals surface area (Å²) in [5.74, 6) is -0.431. The molecule has 1 aromatic heterocycles. The van der Waals surface area contributed by atoms with E-state index in [4.69, 9.17) is 0 Å². The Morgan fingerprint density at radius 1 is 1.07 bits per heavy atom. The Hall–Kier alpha value is -3.74. The molecule has 7 nitrogen and oxygen atoms in total. The van der Waals surface area contributed by atoms with Crippen molar-refractivity contribution in [3.63, 3.8) is 0 Å². The molecule has 0 saturated carbocycles. The fraction of sp³-hybridized carbons (Fsp3) is 0.182. The van der Waals surface area contributed by atoms with Crippen molar-refractivity contribution in [1.82, 2.24) is 9.99 Å². The zero-order valence-electron chi connectivity index (χ0n) is 16.8. The van der Waals surface area contributed by atoms with Gasteiger partial charge in [0.1, 0.15) is 0 Å². The van der Waals surface area contributed by atoms with Gasteiger partial charge in [-0.1, -0.05) is 18.2 Å². The maximum atomic E-state index is 12.2. The number of carbonyl (C=O) groups excluding carboxylic acids is 1. The number of carbonyl (C=O) groups is 1. The molecule has 0 aliphatic carbocycles. The second-order valence-electron chi connectivity index (χ2n) is 6.91. The van der Waals surface area contributed by atoms with Crippen LogP contribution in [0.4, 0.5) is 5.69 Å². The molecular formula is C22H22N4O3. The molecule has 1 amide bonds. The van der Waals surface area contributed by atoms with Crippen LogP contribution in [0.15, 0.2) is 53.6 Å². The second-order valence-corrected chi connectivity index (χ2v) is 6.91. The molecule has 2 aromatic carbocycles. The summed E-state index contributed by atoms with van der Waals surface area (Å²) in [7, 11) is 0. The zero-order valence-corrected chi connectivity index (χ0v) is 16.8. The van der Waals surface area contributed by atoms with E-state index in [1.54, 1.807) is 6.21 Å². The molecular weight excluding hydrogens is 368 g/mol. The third kappa shape index (κ3) is 4.08. The SMILES string of the molecule is Cc1cccc(C)c1-n1c(C)cc(/C=N\NC(=O)c2ccc([N+](=O)[O-])cc2)c1C. The number of amides is 1. The van der Waals surface area contributed by atoms with Crippen molar-refractivity contribution in [2.24, 2.45) is 5.10 Å². The number of non-ortho nitro benzene ring substituents is 1. The number of nitro groups is 1. The lowest BCUT2D eigenvalue weighted by Crippen LogP contribution is -2.17. The second kappa shape index (κ2) is 8.10. The highest BCUT2D eigenvalue weighted by Crippen LogP contribution is 2.25. The number of nitrogens with zero attached hydrogens (tertiary/aromatic N) is 3. The first-order chi connectivity index (χ1) is 13.8. The molecule has 0 saturated heterocycles. The Kier molecular flexibility index (Phi) is 5.59. The van der Waals surface area contributed by atoms with E-state index in [1.807, 2.05) is 26.0 Å². The van der Waals surface area contributed by atoms with E-state index in [-0.39, 0.29) is 5.69 Å². The Morgan fingerprint density at radius 3 is 2.28 bits per heavy atom. The summed E-state index contributed by atoms with van der Waals surface area (Å²) in [6.45, 7) is 8.21. The Labute approximate surface area is 168 Å². The van der Waals surface area contributed by atoms with Crippen LogP contribution in [0, 0.1) is 37.8 Å². The molecule has 1 heterocycles. The van der Waals surface area contributed by atoms with Crippen LogP contribution < -0.4 is 5.43 Å². The van der Waals surface area contributed by atoms with Crippen LogP contribution in [0.1, 0.15) is 38.4 Å². The quantitative estimate of drug-likeness (QED) is 0.398. The molecule has 0 unspecified atom stereocenters. The van der Waals surface area contributed by atoms with Crippen molar-refractivity contribution >= 4 is 17.8 Å². The number of rotatable bonds is 5. The number of nitrogens with one attached hydrogen (secondary N) is 1. The monoisotopic (exact) mass is 390 g/mol. The predicted octanol–water partition coefficient (Wildman–Crippen LogP) is 4.38. The van der Waals surface area contributed by atoms with Crippen molar-refractivity contribution < 1.29 is 9.72 Å². The van der Waals surface area contributed by atoms with Gasteiger partial charge >= 0.3 is 0 Å². The van der Waals surface area contributed by atoms with Crippen LogP contribution in [0.3, 0.4) is 0 Å². The standard InChI is InChI=1S/C22H22N4O3/c1-14-6-5-7-15(2)21(14)25-16(3)12-19(17(25)4)13-23-24-22(27)18-8-10-20(11-9-18)26(28)29/h5-13H,1-4H3,(H,24,27)/b23-13-. The van der Waals surface area contributed by atoms with E-state index in [1.165, 1.54) is 35.4 Å². The largest absolute Gasteiger partial charge is 0.317 e. The minimum absolute atomic E-state index is 0.0658. The van der Waals surface area contributed by atoms with Gasteiger partial charge < -0.3 is 4.57 Å². The first-order valence-corrected chi connectivity index (χ1v) is 9.13. The summed E-state index contributed by atoms with van der Waals surface area (Å²) < 4.78 is 2.18. The Bertz CT molecular complexity index is 1090. The van der Waals surface area contributed by atoms with E-state index < -0.39 is 10.8 Å². The normalized spacial score (nSPS) is 11.0. The number of benzene rings is 2. The van der Waals surface area contributed by atoms with Crippen LogP contribution >= 0.6 is 0 Å². The van der Waals surface area contributed by atoms with Gasteiger partial charge in [-0.3, -0.25) is 14.9 Å². The van der Waals surface area contributed by atoms with E-state index in [0.717, 1.165) is 22.6 Å². The fourth-order valence-electron chi connectivity index (χ4n) is 3.38. The summed E-state index contributed by atoms with van der Waals surface area (Å²) in [5.41, 5.74) is 9.21. The van der Waals surface area contributed by atoms with Crippen molar-refractivity contribution in [3.8, 4) is 5.69 Å². The molecule has 3 rings (SSSR count). The zero-order chi connectivity index (χ0) is 21.1. The average Bonchev–Trinajstić information content (AvgIpc) is 2.96. The van der Waals surface area contributed by atoms with Gasteiger partial charge in [-0.2, -0.15) is 5.10 Å². The number of nitro benzene ring substituents is 1. The molecule has 7 heteroatoms. The van der Waals surface area contributed by atoms with Gasteiger partial charge in [-0.05, 0) is 57.0 Å². The van der Waals surface area contributed by atoms with Gasteiger partial charge in [0, 0.05) is 34.6 Å². The lowest BCUT2D eigenvalue weighted by atomic mass is 10.1. The molecule has 0 atom stereocenters. The predicted molar refractivity (Wildman–Crippen MR) is 113 cm³/mol. The molecule has 0 spiro atoms. The molecule has 0 bridgehead atoms. The summed E-state index contributed by atoms with van der Waals surface area (Å²) >= 11 is 0. The van der Waals surface area contributed by atoms with Gasteiger partial charge in [0.25, 0.3) is 11.6 Å². The van der Waals surface area contributed by atoms with Crippen LogP contribution in [0.2, 0.25) is 0 Å². The van der Waals surface area contributed by atoms with Crippen molar-refractivity contribution in [2.75, 3.05) is 0 Å². The minimum atomic E-state index is -0.508. The smallest absolute Gasteiger partial charge is 0.271 e. The Balaban J connectivity index is 1.80. The highest BCUT2D eigenvalue weighted by molar-refractivity contribution is 5.95. The average molecular weight is 390 g/mol. The summed E-state index contributed by atoms with van der Waals surface area (Å²) in [6.07, 6.45) is 1.61. The van der Waals surface area contributed by atoms with E-state index in [0.29, 0.717) is 5.56 Å². The fourth-order valence-corrected chi connectivity index (χ4v) is 3.38. The van der Waals surface area contributed by atoms with Crippen molar-refractivity contribution in [2.45, 2.75) is 27.7 Å². The number of hydrogen-bond donors (Lipinski definition) is 1. The molecule has 0 aliphatic heterocycles. The molecule has 0 radical (unpaired) electrons. The highest BCUT2D eigenvalue weighted by Gasteiger charge is 2.13. The first kappa shape index (κ1) is 20.0. The number of aryl methyl sites for hydroxylation is 3. The van der Waals surface area contributed by atoms with Crippen LogP contribution in [-0.4, -0.2) is 21.6 Å². The number of hydrogen-bond acceptors (Lipinski definition) is 4. The first-order valence-electron chi connectivity index (χ1n) is 9.13. The van der Waals surface area contributed by atoms with Gasteiger partial charge in [0.2, 0.25) is 0 Å². The minimum Gasteiger partial charge on any atom is -0.317 e. The van der Waals surface area contributed by atoms with E-state index in [9.17, 15) is 14.9 Å². The number of aromatic nitrogens is 1. The van der Waals surface area contributed by atoms with Gasteiger partial charge in [0.05, 0.1) is 16.8 Å². The molecule has 3 aromatic rings. The van der Waals surface area contributed by atoms with Gasteiger partial charge in [-0.25, -0.2) is 5.43 Å². The third-order valence-corrected chi connectivity index (χ3v) is 4.84. The summed E-state index contributed by atoms with van der Waals surface area (Å²) in [6, 6.07) is 13.6. The van der Waals surface area contributed by atoms with Crippen LogP contribution in [0.5, 0.6) is 0 Å². The summed E-state index contributed by atoms with van der Waals surface area (Å²) in [5, 5.41) is 14.8. The van der Waals surface area contributed by atoms with E-state index in [2.05, 4.69) is 41.1 Å². The number of hydrazone groups is 1. The van der Waals surface area contributed by atoms with Crippen LogP contribution in [0.25, 0.3) is 5.69 Å². The molecule has 148 valence electrons. The lowest BCUT2D eigenvalue weighted by molar-refractivity contribution is -0.384. The van der Waals surface area contributed by atoms with Gasteiger partial charge in [-0.15, -0.1) is 0 Å². The highest BCUT2D eigenvalue weighted by atomic mass is 16.6. The Morgan fingerprint density at radius 2 is 1.69 bits per heavy atom. The van der Waals surface area contributed by atoms with Crippen molar-refractivity contribution in [1.29, 1.82) is 0 Å². The third-order valence-electron chi connectivity index (χ3n) is 4.84. The van der Waals surface area contributed by atoms with Crippen molar-refractivity contribution in [3.05, 3.63) is 92.3 Å². The van der Waals surface area contributed by atoms with Crippen LogP contribution in [-0.2, 0) is 0 Å². The maximum absolute atomic E-state index is 12.2. The van der Waals surface area contributed by atoms with Gasteiger partial charge in [0.15, 0.2) is 0 Å². The van der Waals surface area contributed by atoms with E-state index >= 15 is 0 Å². The molecule has 0 fully saturated rings. The molecule has 29 heavy (non-hydrogen) atoms. The summed E-state index contributed by atoms with van der Waals surface area (Å²) in [4.78, 5) is 22.4. The number of para-hydroxylation sites is 1. The maximum Gasteiger partial charge on any atom is 0.271 e.